The zero-order valence-corrected chi connectivity index (χ0v) is 12.1. The van der Waals surface area contributed by atoms with Gasteiger partial charge >= 0.3 is 0 Å². The van der Waals surface area contributed by atoms with Gasteiger partial charge in [0.2, 0.25) is 5.91 Å². The maximum absolute atomic E-state index is 11.9. The Hall–Kier alpha value is -2.47. The van der Waals surface area contributed by atoms with Gasteiger partial charge in [0, 0.05) is 35.7 Å². The van der Waals surface area contributed by atoms with E-state index in [1.807, 2.05) is 45.9 Å². The molecule has 0 aromatic carbocycles. The molecular formula is C15H14N4OS. The van der Waals surface area contributed by atoms with E-state index < -0.39 is 0 Å². The van der Waals surface area contributed by atoms with Gasteiger partial charge in [0.1, 0.15) is 6.54 Å². The van der Waals surface area contributed by atoms with Gasteiger partial charge in [-0.1, -0.05) is 0 Å². The predicted octanol–water partition coefficient (Wildman–Crippen LogP) is 2.32. The molecule has 3 aromatic rings. The fourth-order valence-corrected chi connectivity index (χ4v) is 2.66. The Labute approximate surface area is 126 Å². The molecule has 0 fully saturated rings. The number of aromatic nitrogens is 3. The van der Waals surface area contributed by atoms with Gasteiger partial charge in [-0.25, -0.2) is 0 Å². The molecule has 0 aliphatic rings. The smallest absolute Gasteiger partial charge is 0.240 e. The van der Waals surface area contributed by atoms with Crippen LogP contribution in [0.25, 0.3) is 11.3 Å². The molecule has 21 heavy (non-hydrogen) atoms. The lowest BCUT2D eigenvalue weighted by Gasteiger charge is -2.08. The van der Waals surface area contributed by atoms with Gasteiger partial charge in [-0.2, -0.15) is 11.3 Å². The van der Waals surface area contributed by atoms with Gasteiger partial charge in [0.25, 0.3) is 0 Å². The molecule has 1 N–H and O–H groups in total. The molecule has 1 amide bonds. The van der Waals surface area contributed by atoms with Crippen molar-refractivity contribution in [1.29, 1.82) is 0 Å². The summed E-state index contributed by atoms with van der Waals surface area (Å²) in [5.41, 5.74) is 2.62. The van der Waals surface area contributed by atoms with E-state index in [0.717, 1.165) is 17.0 Å². The summed E-state index contributed by atoms with van der Waals surface area (Å²) in [5, 5.41) is 6.90. The second kappa shape index (κ2) is 6.32. The highest BCUT2D eigenvalue weighted by molar-refractivity contribution is 7.08. The first-order valence-electron chi connectivity index (χ1n) is 6.53. The third-order valence-corrected chi connectivity index (χ3v) is 3.70. The van der Waals surface area contributed by atoms with Gasteiger partial charge in [-0.05, 0) is 23.6 Å². The molecule has 0 saturated carbocycles. The highest BCUT2D eigenvalue weighted by atomic mass is 32.1. The van der Waals surface area contributed by atoms with E-state index in [1.54, 1.807) is 23.7 Å². The van der Waals surface area contributed by atoms with Crippen molar-refractivity contribution < 1.29 is 4.79 Å². The number of rotatable bonds is 5. The Balaban J connectivity index is 1.67. The van der Waals surface area contributed by atoms with Crippen molar-refractivity contribution in [2.24, 2.45) is 0 Å². The lowest BCUT2D eigenvalue weighted by Crippen LogP contribution is -2.27. The molecule has 6 heteroatoms. The van der Waals surface area contributed by atoms with E-state index in [0.29, 0.717) is 13.1 Å². The number of nitrogens with zero attached hydrogens (tertiary/aromatic N) is 3. The second-order valence-electron chi connectivity index (χ2n) is 4.50. The molecule has 0 radical (unpaired) electrons. The van der Waals surface area contributed by atoms with E-state index in [-0.39, 0.29) is 5.91 Å². The normalized spacial score (nSPS) is 10.5. The van der Waals surface area contributed by atoms with Crippen LogP contribution in [0.2, 0.25) is 0 Å². The van der Waals surface area contributed by atoms with Crippen LogP contribution < -0.4 is 5.32 Å². The minimum Gasteiger partial charge on any atom is -0.349 e. The molecule has 0 saturated heterocycles. The number of thiophene rings is 1. The number of amides is 1. The molecule has 3 rings (SSSR count). The quantitative estimate of drug-likeness (QED) is 0.786. The highest BCUT2D eigenvalue weighted by Gasteiger charge is 2.09. The largest absolute Gasteiger partial charge is 0.349 e. The Morgan fingerprint density at radius 3 is 2.81 bits per heavy atom. The van der Waals surface area contributed by atoms with Gasteiger partial charge in [-0.15, -0.1) is 0 Å². The molecule has 0 bridgehead atoms. The zero-order valence-electron chi connectivity index (χ0n) is 11.3. The van der Waals surface area contributed by atoms with Crippen LogP contribution in [0.3, 0.4) is 0 Å². The van der Waals surface area contributed by atoms with Crippen molar-refractivity contribution >= 4 is 17.2 Å². The van der Waals surface area contributed by atoms with Crippen LogP contribution in [-0.4, -0.2) is 20.4 Å². The SMILES string of the molecule is O=C(Cn1cccc1)NCc1nccnc1-c1ccsc1. The van der Waals surface area contributed by atoms with Crippen LogP contribution in [0, 0.1) is 0 Å². The Bertz CT molecular complexity index is 707. The second-order valence-corrected chi connectivity index (χ2v) is 5.28. The summed E-state index contributed by atoms with van der Waals surface area (Å²) in [6.45, 7) is 0.681. The zero-order chi connectivity index (χ0) is 14.5. The summed E-state index contributed by atoms with van der Waals surface area (Å²) >= 11 is 1.61. The molecule has 106 valence electrons. The van der Waals surface area contributed by atoms with E-state index in [1.165, 1.54) is 0 Å². The number of hydrogen-bond acceptors (Lipinski definition) is 4. The van der Waals surface area contributed by atoms with E-state index in [9.17, 15) is 4.79 Å². The van der Waals surface area contributed by atoms with Crippen molar-refractivity contribution in [3.63, 3.8) is 0 Å². The van der Waals surface area contributed by atoms with E-state index >= 15 is 0 Å². The number of carbonyl (C=O) groups is 1. The van der Waals surface area contributed by atoms with Crippen molar-refractivity contribution in [3.8, 4) is 11.3 Å². The molecule has 5 nitrogen and oxygen atoms in total. The molecule has 0 unspecified atom stereocenters. The first-order valence-corrected chi connectivity index (χ1v) is 7.47. The highest BCUT2D eigenvalue weighted by Crippen LogP contribution is 2.22. The van der Waals surface area contributed by atoms with Crippen molar-refractivity contribution in [2.75, 3.05) is 0 Å². The van der Waals surface area contributed by atoms with E-state index in [4.69, 9.17) is 0 Å². The molecule has 0 atom stereocenters. The van der Waals surface area contributed by atoms with Gasteiger partial charge < -0.3 is 9.88 Å². The first-order chi connectivity index (χ1) is 10.3. The monoisotopic (exact) mass is 298 g/mol. The Morgan fingerprint density at radius 2 is 2.05 bits per heavy atom. The van der Waals surface area contributed by atoms with Crippen molar-refractivity contribution in [3.05, 3.63) is 59.4 Å². The van der Waals surface area contributed by atoms with Crippen LogP contribution in [0.1, 0.15) is 5.69 Å². The summed E-state index contributed by atoms with van der Waals surface area (Å²) < 4.78 is 1.83. The minimum absolute atomic E-state index is 0.0480. The average molecular weight is 298 g/mol. The fourth-order valence-electron chi connectivity index (χ4n) is 2.02. The third kappa shape index (κ3) is 3.35. The fraction of sp³-hybridized carbons (Fsp3) is 0.133. The Morgan fingerprint density at radius 1 is 1.24 bits per heavy atom. The first kappa shape index (κ1) is 13.5. The maximum atomic E-state index is 11.9. The molecule has 0 spiro atoms. The summed E-state index contributed by atoms with van der Waals surface area (Å²) in [7, 11) is 0. The maximum Gasteiger partial charge on any atom is 0.240 e. The van der Waals surface area contributed by atoms with Gasteiger partial charge in [-0.3, -0.25) is 14.8 Å². The number of hydrogen-bond donors (Lipinski definition) is 1. The number of carbonyl (C=O) groups excluding carboxylic acids is 1. The summed E-state index contributed by atoms with van der Waals surface area (Å²) in [4.78, 5) is 20.6. The number of nitrogens with one attached hydrogen (secondary N) is 1. The van der Waals surface area contributed by atoms with Gasteiger partial charge in [0.05, 0.1) is 17.9 Å². The lowest BCUT2D eigenvalue weighted by atomic mass is 10.2. The molecule has 0 aliphatic heterocycles. The van der Waals surface area contributed by atoms with Crippen LogP contribution in [0.15, 0.2) is 53.7 Å². The molecular weight excluding hydrogens is 284 g/mol. The average Bonchev–Trinajstić information content (AvgIpc) is 3.18. The van der Waals surface area contributed by atoms with Crippen LogP contribution in [-0.2, 0) is 17.9 Å². The minimum atomic E-state index is -0.0480. The lowest BCUT2D eigenvalue weighted by molar-refractivity contribution is -0.121. The van der Waals surface area contributed by atoms with Crippen LogP contribution >= 0.6 is 11.3 Å². The molecule has 3 aromatic heterocycles. The molecule has 3 heterocycles. The van der Waals surface area contributed by atoms with Crippen LogP contribution in [0.5, 0.6) is 0 Å². The van der Waals surface area contributed by atoms with E-state index in [2.05, 4.69) is 15.3 Å². The predicted molar refractivity (Wildman–Crippen MR) is 81.6 cm³/mol. The molecule has 0 aliphatic carbocycles. The summed E-state index contributed by atoms with van der Waals surface area (Å²) in [6, 6.07) is 5.79. The van der Waals surface area contributed by atoms with Crippen molar-refractivity contribution in [1.82, 2.24) is 19.9 Å². The standard InChI is InChI=1S/C15H14N4OS/c20-14(10-19-6-1-2-7-19)18-9-13-15(17-5-4-16-13)12-3-8-21-11-12/h1-8,11H,9-10H2,(H,18,20). The summed E-state index contributed by atoms with van der Waals surface area (Å²) in [5.74, 6) is -0.0480. The van der Waals surface area contributed by atoms with Crippen molar-refractivity contribution in [2.45, 2.75) is 13.1 Å². The third-order valence-electron chi connectivity index (χ3n) is 3.01. The van der Waals surface area contributed by atoms with Crippen LogP contribution in [0.4, 0.5) is 0 Å². The Kier molecular flexibility index (Phi) is 4.07. The topological polar surface area (TPSA) is 59.8 Å². The van der Waals surface area contributed by atoms with Gasteiger partial charge in [0.15, 0.2) is 0 Å². The summed E-state index contributed by atoms with van der Waals surface area (Å²) in [6.07, 6.45) is 7.03.